The van der Waals surface area contributed by atoms with Crippen molar-refractivity contribution in [2.75, 3.05) is 13.7 Å². The van der Waals surface area contributed by atoms with Gasteiger partial charge in [0.1, 0.15) is 5.76 Å². The van der Waals surface area contributed by atoms with E-state index >= 15 is 0 Å². The minimum Gasteiger partial charge on any atom is -0.493 e. The predicted octanol–water partition coefficient (Wildman–Crippen LogP) is 3.54. The van der Waals surface area contributed by atoms with Crippen LogP contribution in [0.15, 0.2) is 41.0 Å². The van der Waals surface area contributed by atoms with Crippen LogP contribution in [0.4, 0.5) is 0 Å². The number of hydrogen-bond acceptors (Lipinski definition) is 4. The summed E-state index contributed by atoms with van der Waals surface area (Å²) in [4.78, 5) is 0. The molecule has 1 aromatic heterocycles. The summed E-state index contributed by atoms with van der Waals surface area (Å²) in [7, 11) is 1.66. The zero-order chi connectivity index (χ0) is 14.4. The van der Waals surface area contributed by atoms with Crippen molar-refractivity contribution in [1.82, 2.24) is 5.32 Å². The molecule has 108 valence electrons. The molecule has 1 N–H and O–H groups in total. The Morgan fingerprint density at radius 3 is 2.75 bits per heavy atom. The van der Waals surface area contributed by atoms with Crippen LogP contribution >= 0.6 is 0 Å². The molecule has 0 amide bonds. The monoisotopic (exact) mass is 275 g/mol. The van der Waals surface area contributed by atoms with Crippen molar-refractivity contribution < 1.29 is 13.9 Å². The van der Waals surface area contributed by atoms with Gasteiger partial charge in [0.2, 0.25) is 0 Å². The second-order valence-corrected chi connectivity index (χ2v) is 4.50. The van der Waals surface area contributed by atoms with Gasteiger partial charge in [-0.2, -0.15) is 0 Å². The largest absolute Gasteiger partial charge is 0.493 e. The van der Waals surface area contributed by atoms with E-state index < -0.39 is 0 Å². The van der Waals surface area contributed by atoms with E-state index in [1.165, 1.54) is 0 Å². The quantitative estimate of drug-likeness (QED) is 0.839. The van der Waals surface area contributed by atoms with E-state index in [1.54, 1.807) is 13.4 Å². The van der Waals surface area contributed by atoms with Crippen LogP contribution in [0.25, 0.3) is 0 Å². The lowest BCUT2D eigenvalue weighted by Gasteiger charge is -2.16. The van der Waals surface area contributed by atoms with Gasteiger partial charge in [-0.05, 0) is 32.0 Å². The molecule has 20 heavy (non-hydrogen) atoms. The third-order valence-corrected chi connectivity index (χ3v) is 3.13. The molecule has 0 aliphatic heterocycles. The van der Waals surface area contributed by atoms with Crippen LogP contribution in [0.3, 0.4) is 0 Å². The lowest BCUT2D eigenvalue weighted by atomic mass is 10.1. The molecular formula is C16H21NO3. The third kappa shape index (κ3) is 3.33. The maximum Gasteiger partial charge on any atom is 0.165 e. The molecule has 0 aliphatic carbocycles. The summed E-state index contributed by atoms with van der Waals surface area (Å²) < 4.78 is 16.4. The van der Waals surface area contributed by atoms with Gasteiger partial charge in [0.15, 0.2) is 11.5 Å². The van der Waals surface area contributed by atoms with E-state index in [0.717, 1.165) is 22.8 Å². The molecule has 2 rings (SSSR count). The zero-order valence-electron chi connectivity index (χ0n) is 12.2. The second kappa shape index (κ2) is 7.01. The maximum absolute atomic E-state index is 5.58. The molecule has 0 fully saturated rings. The Balaban J connectivity index is 2.07. The molecule has 0 spiro atoms. The molecule has 0 bridgehead atoms. The van der Waals surface area contributed by atoms with Gasteiger partial charge in [-0.15, -0.1) is 0 Å². The number of benzene rings is 1. The van der Waals surface area contributed by atoms with Crippen LogP contribution in [0.5, 0.6) is 11.5 Å². The van der Waals surface area contributed by atoms with Crippen molar-refractivity contribution in [1.29, 1.82) is 0 Å². The summed E-state index contributed by atoms with van der Waals surface area (Å²) in [6.45, 7) is 5.34. The van der Waals surface area contributed by atoms with Crippen molar-refractivity contribution in [3.05, 3.63) is 47.9 Å². The van der Waals surface area contributed by atoms with Gasteiger partial charge >= 0.3 is 0 Å². The van der Waals surface area contributed by atoms with Gasteiger partial charge in [-0.3, -0.25) is 0 Å². The number of rotatable bonds is 7. The first-order chi connectivity index (χ1) is 9.76. The smallest absolute Gasteiger partial charge is 0.165 e. The Morgan fingerprint density at radius 1 is 1.25 bits per heavy atom. The Kier molecular flexibility index (Phi) is 5.07. The summed E-state index contributed by atoms with van der Waals surface area (Å²) in [5, 5.41) is 3.42. The van der Waals surface area contributed by atoms with Gasteiger partial charge in [-0.25, -0.2) is 0 Å². The van der Waals surface area contributed by atoms with Crippen molar-refractivity contribution in [3.8, 4) is 11.5 Å². The SMILES string of the molecule is CCOc1cccc(CN[C@@H](C)c2ccco2)c1OC. The van der Waals surface area contributed by atoms with E-state index in [1.807, 2.05) is 37.3 Å². The summed E-state index contributed by atoms with van der Waals surface area (Å²) >= 11 is 0. The molecule has 4 nitrogen and oxygen atoms in total. The summed E-state index contributed by atoms with van der Waals surface area (Å²) in [5.74, 6) is 2.48. The predicted molar refractivity (Wildman–Crippen MR) is 78.1 cm³/mol. The van der Waals surface area contributed by atoms with Gasteiger partial charge in [0.05, 0.1) is 26.0 Å². The number of ether oxygens (including phenoxy) is 2. The van der Waals surface area contributed by atoms with Crippen molar-refractivity contribution in [3.63, 3.8) is 0 Å². The van der Waals surface area contributed by atoms with Crippen LogP contribution in [-0.2, 0) is 6.54 Å². The van der Waals surface area contributed by atoms with Crippen LogP contribution < -0.4 is 14.8 Å². The first-order valence-corrected chi connectivity index (χ1v) is 6.81. The van der Waals surface area contributed by atoms with Gasteiger partial charge in [0.25, 0.3) is 0 Å². The number of hydrogen-bond donors (Lipinski definition) is 1. The van der Waals surface area contributed by atoms with Crippen molar-refractivity contribution in [2.45, 2.75) is 26.4 Å². The van der Waals surface area contributed by atoms with Gasteiger partial charge < -0.3 is 19.2 Å². The molecule has 2 aromatic rings. The van der Waals surface area contributed by atoms with E-state index in [2.05, 4.69) is 12.2 Å². The minimum atomic E-state index is 0.144. The third-order valence-electron chi connectivity index (χ3n) is 3.13. The molecule has 4 heteroatoms. The Labute approximate surface area is 119 Å². The Morgan fingerprint density at radius 2 is 2.10 bits per heavy atom. The summed E-state index contributed by atoms with van der Waals surface area (Å²) in [6.07, 6.45) is 1.68. The average molecular weight is 275 g/mol. The minimum absolute atomic E-state index is 0.144. The number of para-hydroxylation sites is 1. The lowest BCUT2D eigenvalue weighted by molar-refractivity contribution is 0.308. The van der Waals surface area contributed by atoms with E-state index in [0.29, 0.717) is 13.2 Å². The van der Waals surface area contributed by atoms with Gasteiger partial charge in [0, 0.05) is 12.1 Å². The van der Waals surface area contributed by atoms with E-state index in [9.17, 15) is 0 Å². The second-order valence-electron chi connectivity index (χ2n) is 4.50. The van der Waals surface area contributed by atoms with Crippen LogP contribution in [0.2, 0.25) is 0 Å². The fourth-order valence-corrected chi connectivity index (χ4v) is 2.10. The Bertz CT molecular complexity index is 523. The molecule has 1 heterocycles. The highest BCUT2D eigenvalue weighted by Crippen LogP contribution is 2.31. The zero-order valence-corrected chi connectivity index (χ0v) is 12.2. The molecule has 0 aliphatic rings. The molecule has 0 radical (unpaired) electrons. The lowest BCUT2D eigenvalue weighted by Crippen LogP contribution is -2.18. The molecule has 0 saturated heterocycles. The highest BCUT2D eigenvalue weighted by Gasteiger charge is 2.12. The molecule has 0 unspecified atom stereocenters. The van der Waals surface area contributed by atoms with Crippen LogP contribution in [0.1, 0.15) is 31.2 Å². The Hall–Kier alpha value is -1.94. The van der Waals surface area contributed by atoms with Crippen molar-refractivity contribution in [2.24, 2.45) is 0 Å². The first-order valence-electron chi connectivity index (χ1n) is 6.81. The fourth-order valence-electron chi connectivity index (χ4n) is 2.10. The highest BCUT2D eigenvalue weighted by molar-refractivity contribution is 5.46. The van der Waals surface area contributed by atoms with Crippen molar-refractivity contribution >= 4 is 0 Å². The first kappa shape index (κ1) is 14.5. The van der Waals surface area contributed by atoms with E-state index in [-0.39, 0.29) is 6.04 Å². The fraction of sp³-hybridized carbons (Fsp3) is 0.375. The summed E-state index contributed by atoms with van der Waals surface area (Å²) in [6, 6.07) is 9.92. The van der Waals surface area contributed by atoms with Gasteiger partial charge in [-0.1, -0.05) is 12.1 Å². The van der Waals surface area contributed by atoms with Crippen LogP contribution in [0, 0.1) is 0 Å². The molecule has 0 saturated carbocycles. The maximum atomic E-state index is 5.58. The summed E-state index contributed by atoms with van der Waals surface area (Å²) in [5.41, 5.74) is 1.07. The number of methoxy groups -OCH3 is 1. The standard InChI is InChI=1S/C16H21NO3/c1-4-19-15-8-5-7-13(16(15)18-3)11-17-12(2)14-9-6-10-20-14/h5-10,12,17H,4,11H2,1-3H3/t12-/m0/s1. The average Bonchev–Trinajstić information content (AvgIpc) is 2.99. The molecule has 1 aromatic carbocycles. The number of nitrogens with one attached hydrogen (secondary N) is 1. The number of furan rings is 1. The normalized spacial score (nSPS) is 12.2. The topological polar surface area (TPSA) is 43.6 Å². The van der Waals surface area contributed by atoms with E-state index in [4.69, 9.17) is 13.9 Å². The molecule has 1 atom stereocenters. The highest BCUT2D eigenvalue weighted by atomic mass is 16.5. The molecular weight excluding hydrogens is 254 g/mol. The van der Waals surface area contributed by atoms with Crippen LogP contribution in [-0.4, -0.2) is 13.7 Å².